The van der Waals surface area contributed by atoms with E-state index in [0.29, 0.717) is 24.8 Å². The lowest BCUT2D eigenvalue weighted by Gasteiger charge is -2.35. The van der Waals surface area contributed by atoms with Gasteiger partial charge in [0.05, 0.1) is 12.2 Å². The minimum Gasteiger partial charge on any atom is -0.368 e. The molecule has 2 fully saturated rings. The molecule has 2 aliphatic heterocycles. The first-order valence-electron chi connectivity index (χ1n) is 9.13. The van der Waals surface area contributed by atoms with E-state index in [1.165, 1.54) is 12.1 Å². The molecule has 0 aliphatic carbocycles. The standard InChI is InChI=1S/C18H23FN6O.2ClH/c19-14-1-3-15(4-2-14)23-9-11-24(12-10-23)18(26)17-13-25(22-21-17)16-5-7-20-8-6-16;;/h1-4,13,16,20H,5-12H2;2*1H. The number of nitrogens with one attached hydrogen (secondary N) is 1. The zero-order valence-electron chi connectivity index (χ0n) is 15.5. The quantitative estimate of drug-likeness (QED) is 0.807. The molecule has 4 rings (SSSR count). The van der Waals surface area contributed by atoms with E-state index < -0.39 is 0 Å². The predicted octanol–water partition coefficient (Wildman–Crippen LogP) is 2.15. The van der Waals surface area contributed by atoms with Crippen LogP contribution in [0.3, 0.4) is 0 Å². The number of hydrogen-bond acceptors (Lipinski definition) is 5. The number of benzene rings is 1. The number of hydrogen-bond donors (Lipinski definition) is 1. The van der Waals surface area contributed by atoms with E-state index in [1.807, 2.05) is 9.58 Å². The van der Waals surface area contributed by atoms with Gasteiger partial charge in [-0.3, -0.25) is 4.79 Å². The Morgan fingerprint density at radius 1 is 1.04 bits per heavy atom. The molecule has 0 unspecified atom stereocenters. The topological polar surface area (TPSA) is 66.3 Å². The van der Waals surface area contributed by atoms with E-state index in [4.69, 9.17) is 0 Å². The third kappa shape index (κ3) is 4.92. The molecule has 10 heteroatoms. The first-order chi connectivity index (χ1) is 12.7. The second-order valence-corrected chi connectivity index (χ2v) is 6.82. The maximum atomic E-state index is 13.1. The Bertz CT molecular complexity index is 758. The Hall–Kier alpha value is -1.90. The normalized spacial score (nSPS) is 17.6. The largest absolute Gasteiger partial charge is 0.368 e. The first-order valence-corrected chi connectivity index (χ1v) is 9.13. The maximum absolute atomic E-state index is 13.1. The zero-order valence-corrected chi connectivity index (χ0v) is 17.1. The maximum Gasteiger partial charge on any atom is 0.276 e. The van der Waals surface area contributed by atoms with Crippen molar-refractivity contribution in [1.29, 1.82) is 0 Å². The molecule has 7 nitrogen and oxygen atoms in total. The van der Waals surface area contributed by atoms with Gasteiger partial charge >= 0.3 is 0 Å². The van der Waals surface area contributed by atoms with Gasteiger partial charge in [0.1, 0.15) is 5.82 Å². The number of carbonyl (C=O) groups excluding carboxylic acids is 1. The van der Waals surface area contributed by atoms with Gasteiger partial charge in [-0.05, 0) is 50.2 Å². The second-order valence-electron chi connectivity index (χ2n) is 6.82. The number of rotatable bonds is 3. The lowest BCUT2D eigenvalue weighted by atomic mass is 10.1. The van der Waals surface area contributed by atoms with E-state index in [1.54, 1.807) is 18.3 Å². The molecule has 2 saturated heterocycles. The molecule has 0 atom stereocenters. The van der Waals surface area contributed by atoms with Crippen LogP contribution >= 0.6 is 24.8 Å². The van der Waals surface area contributed by atoms with Crippen molar-refractivity contribution in [3.63, 3.8) is 0 Å². The van der Waals surface area contributed by atoms with Gasteiger partial charge in [-0.2, -0.15) is 0 Å². The fraction of sp³-hybridized carbons (Fsp3) is 0.500. The molecule has 0 saturated carbocycles. The number of anilines is 1. The minimum atomic E-state index is -0.237. The van der Waals surface area contributed by atoms with E-state index in [2.05, 4.69) is 20.5 Å². The molecule has 0 spiro atoms. The van der Waals surface area contributed by atoms with Crippen molar-refractivity contribution < 1.29 is 9.18 Å². The Balaban J connectivity index is 0.00000140. The highest BCUT2D eigenvalue weighted by Crippen LogP contribution is 2.19. The molecule has 0 bridgehead atoms. The SMILES string of the molecule is Cl.Cl.O=C(c1cn(C2CCNCC2)nn1)N1CCN(c2ccc(F)cc2)CC1. The molecule has 0 radical (unpaired) electrons. The number of piperidine rings is 1. The number of piperazine rings is 1. The third-order valence-corrected chi connectivity index (χ3v) is 5.17. The number of carbonyl (C=O) groups is 1. The Morgan fingerprint density at radius 3 is 2.32 bits per heavy atom. The van der Waals surface area contributed by atoms with E-state index in [-0.39, 0.29) is 36.5 Å². The molecule has 154 valence electrons. The Morgan fingerprint density at radius 2 is 1.68 bits per heavy atom. The summed E-state index contributed by atoms with van der Waals surface area (Å²) in [5.41, 5.74) is 1.40. The summed E-state index contributed by atoms with van der Waals surface area (Å²) in [6, 6.07) is 6.80. The highest BCUT2D eigenvalue weighted by atomic mass is 35.5. The predicted molar refractivity (Wildman–Crippen MR) is 110 cm³/mol. The molecule has 3 heterocycles. The third-order valence-electron chi connectivity index (χ3n) is 5.17. The number of nitrogens with zero attached hydrogens (tertiary/aromatic N) is 5. The van der Waals surface area contributed by atoms with Crippen molar-refractivity contribution in [2.24, 2.45) is 0 Å². The van der Waals surface area contributed by atoms with Crippen LogP contribution in [-0.4, -0.2) is 65.1 Å². The van der Waals surface area contributed by atoms with Crippen LogP contribution in [0.25, 0.3) is 0 Å². The van der Waals surface area contributed by atoms with Gasteiger partial charge in [-0.25, -0.2) is 9.07 Å². The summed E-state index contributed by atoms with van der Waals surface area (Å²) in [6.45, 7) is 4.63. The summed E-state index contributed by atoms with van der Waals surface area (Å²) >= 11 is 0. The van der Waals surface area contributed by atoms with Gasteiger partial charge in [0.15, 0.2) is 5.69 Å². The summed E-state index contributed by atoms with van der Waals surface area (Å²) in [4.78, 5) is 16.7. The molecular formula is C18H25Cl2FN6O. The summed E-state index contributed by atoms with van der Waals surface area (Å²) in [5.74, 6) is -0.302. The molecule has 1 amide bonds. The summed E-state index contributed by atoms with van der Waals surface area (Å²) < 4.78 is 14.9. The number of aromatic nitrogens is 3. The number of amides is 1. The summed E-state index contributed by atoms with van der Waals surface area (Å²) in [5, 5.41) is 11.6. The molecule has 2 aromatic rings. The van der Waals surface area contributed by atoms with Crippen LogP contribution in [0.1, 0.15) is 29.4 Å². The van der Waals surface area contributed by atoms with Crippen LogP contribution in [0.4, 0.5) is 10.1 Å². The molecular weight excluding hydrogens is 406 g/mol. The second kappa shape index (κ2) is 10.0. The van der Waals surface area contributed by atoms with Crippen molar-refractivity contribution in [2.45, 2.75) is 18.9 Å². The van der Waals surface area contributed by atoms with Gasteiger partial charge in [-0.1, -0.05) is 5.21 Å². The van der Waals surface area contributed by atoms with Gasteiger partial charge in [-0.15, -0.1) is 29.9 Å². The smallest absolute Gasteiger partial charge is 0.276 e. The first kappa shape index (κ1) is 22.4. The highest BCUT2D eigenvalue weighted by molar-refractivity contribution is 5.92. The van der Waals surface area contributed by atoms with Crippen LogP contribution in [0.5, 0.6) is 0 Å². The highest BCUT2D eigenvalue weighted by Gasteiger charge is 2.25. The van der Waals surface area contributed by atoms with Gasteiger partial charge in [0.25, 0.3) is 5.91 Å². The zero-order chi connectivity index (χ0) is 17.9. The van der Waals surface area contributed by atoms with Crippen molar-refractivity contribution in [3.05, 3.63) is 42.0 Å². The fourth-order valence-corrected chi connectivity index (χ4v) is 3.61. The average molecular weight is 431 g/mol. The Kier molecular flexibility index (Phi) is 8.03. The summed E-state index contributed by atoms with van der Waals surface area (Å²) in [7, 11) is 0. The molecule has 28 heavy (non-hydrogen) atoms. The van der Waals surface area contributed by atoms with E-state index in [0.717, 1.165) is 44.7 Å². The molecule has 2 aliphatic rings. The van der Waals surface area contributed by atoms with Crippen molar-refractivity contribution >= 4 is 36.4 Å². The van der Waals surface area contributed by atoms with Crippen LogP contribution in [0.15, 0.2) is 30.5 Å². The van der Waals surface area contributed by atoms with Crippen molar-refractivity contribution in [2.75, 3.05) is 44.2 Å². The van der Waals surface area contributed by atoms with Gasteiger partial charge in [0.2, 0.25) is 0 Å². The van der Waals surface area contributed by atoms with Gasteiger partial charge in [0, 0.05) is 31.9 Å². The minimum absolute atomic E-state index is 0. The van der Waals surface area contributed by atoms with Crippen LogP contribution in [0, 0.1) is 5.82 Å². The van der Waals surface area contributed by atoms with E-state index in [9.17, 15) is 9.18 Å². The molecule has 1 N–H and O–H groups in total. The molecule has 1 aromatic heterocycles. The monoisotopic (exact) mass is 430 g/mol. The summed E-state index contributed by atoms with van der Waals surface area (Å²) in [6.07, 6.45) is 3.80. The lowest BCUT2D eigenvalue weighted by Crippen LogP contribution is -2.48. The number of halogens is 3. The average Bonchev–Trinajstić information content (AvgIpc) is 3.19. The van der Waals surface area contributed by atoms with E-state index >= 15 is 0 Å². The van der Waals surface area contributed by atoms with Crippen LogP contribution < -0.4 is 10.2 Å². The molecule has 1 aromatic carbocycles. The fourth-order valence-electron chi connectivity index (χ4n) is 3.61. The van der Waals surface area contributed by atoms with Crippen molar-refractivity contribution in [1.82, 2.24) is 25.2 Å². The van der Waals surface area contributed by atoms with Gasteiger partial charge < -0.3 is 15.1 Å². The van der Waals surface area contributed by atoms with Crippen LogP contribution in [-0.2, 0) is 0 Å². The van der Waals surface area contributed by atoms with Crippen LogP contribution in [0.2, 0.25) is 0 Å². The van der Waals surface area contributed by atoms with Crippen molar-refractivity contribution in [3.8, 4) is 0 Å². The lowest BCUT2D eigenvalue weighted by molar-refractivity contribution is 0.0740. The Labute approximate surface area is 176 Å².